The maximum Gasteiger partial charge on any atom is 0.264 e. The van der Waals surface area contributed by atoms with Crippen LogP contribution in [0.15, 0.2) is 77.7 Å². The Morgan fingerprint density at radius 1 is 1.00 bits per heavy atom. The van der Waals surface area contributed by atoms with Gasteiger partial charge in [-0.3, -0.25) is 9.10 Å². The summed E-state index contributed by atoms with van der Waals surface area (Å²) in [6, 6.07) is 17.9. The van der Waals surface area contributed by atoms with Gasteiger partial charge < -0.3 is 14.8 Å². The van der Waals surface area contributed by atoms with Gasteiger partial charge in [0.2, 0.25) is 5.91 Å². The quantitative estimate of drug-likeness (QED) is 0.570. The topological polar surface area (TPSA) is 84.9 Å². The Labute approximate surface area is 191 Å². The van der Waals surface area contributed by atoms with Gasteiger partial charge in [0.15, 0.2) is 11.5 Å². The second-order valence-electron chi connectivity index (χ2n) is 7.47. The fraction of sp³-hybridized carbons (Fsp3) is 0.208. The zero-order chi connectivity index (χ0) is 23.4. The first kappa shape index (κ1) is 22.6. The van der Waals surface area contributed by atoms with Crippen LogP contribution in [0.5, 0.6) is 11.5 Å². The van der Waals surface area contributed by atoms with Crippen LogP contribution in [0.4, 0.5) is 10.1 Å². The fourth-order valence-electron chi connectivity index (χ4n) is 3.50. The maximum absolute atomic E-state index is 14.6. The molecule has 1 aliphatic rings. The van der Waals surface area contributed by atoms with Crippen molar-refractivity contribution >= 4 is 21.6 Å². The zero-order valence-electron chi connectivity index (χ0n) is 17.9. The van der Waals surface area contributed by atoms with Gasteiger partial charge in [-0.05, 0) is 48.9 Å². The summed E-state index contributed by atoms with van der Waals surface area (Å²) in [6.45, 7) is 2.09. The van der Waals surface area contributed by atoms with Crippen molar-refractivity contribution in [3.63, 3.8) is 0 Å². The predicted octanol–water partition coefficient (Wildman–Crippen LogP) is 3.67. The molecule has 7 nitrogen and oxygen atoms in total. The molecule has 1 aliphatic heterocycles. The number of hydrogen-bond donors (Lipinski definition) is 1. The highest BCUT2D eigenvalue weighted by molar-refractivity contribution is 7.92. The van der Waals surface area contributed by atoms with Crippen molar-refractivity contribution in [3.8, 4) is 11.5 Å². The number of sulfonamides is 1. The van der Waals surface area contributed by atoms with Crippen LogP contribution in [0, 0.1) is 5.82 Å². The molecule has 1 N–H and O–H groups in total. The lowest BCUT2D eigenvalue weighted by Crippen LogP contribution is -2.42. The van der Waals surface area contributed by atoms with Gasteiger partial charge in [-0.15, -0.1) is 0 Å². The van der Waals surface area contributed by atoms with E-state index in [1.807, 2.05) is 0 Å². The molecule has 1 atom stereocenters. The molecule has 0 aromatic heterocycles. The molecule has 1 amide bonds. The van der Waals surface area contributed by atoms with Crippen molar-refractivity contribution in [1.29, 1.82) is 0 Å². The summed E-state index contributed by atoms with van der Waals surface area (Å²) >= 11 is 0. The maximum atomic E-state index is 14.6. The van der Waals surface area contributed by atoms with Gasteiger partial charge in [0.05, 0.1) is 16.6 Å². The van der Waals surface area contributed by atoms with E-state index in [4.69, 9.17) is 9.47 Å². The third-order valence-electron chi connectivity index (χ3n) is 5.18. The number of carbonyl (C=O) groups is 1. The smallest absolute Gasteiger partial charge is 0.264 e. The molecule has 0 fully saturated rings. The van der Waals surface area contributed by atoms with E-state index in [0.717, 1.165) is 15.9 Å². The van der Waals surface area contributed by atoms with E-state index < -0.39 is 34.3 Å². The van der Waals surface area contributed by atoms with Crippen LogP contribution in [0.2, 0.25) is 0 Å². The first-order chi connectivity index (χ1) is 15.9. The number of amides is 1. The molecule has 0 aliphatic carbocycles. The van der Waals surface area contributed by atoms with Gasteiger partial charge >= 0.3 is 0 Å². The lowest BCUT2D eigenvalue weighted by atomic mass is 10.1. The first-order valence-electron chi connectivity index (χ1n) is 10.4. The molecule has 3 aromatic rings. The van der Waals surface area contributed by atoms with Crippen molar-refractivity contribution in [2.75, 3.05) is 24.1 Å². The summed E-state index contributed by atoms with van der Waals surface area (Å²) in [5, 5.41) is 2.78. The molecular formula is C24H23FN2O5S. The van der Waals surface area contributed by atoms with Gasteiger partial charge in [0.1, 0.15) is 25.6 Å². The molecule has 0 spiro atoms. The standard InChI is InChI=1S/C24H23FN2O5S/c1-17(18-11-12-22-23(15-18)32-14-13-31-22)26-24(28)16-27(21-10-6-5-9-20(21)25)33(29,30)19-7-3-2-4-8-19/h2-12,15,17H,13-14,16H2,1H3,(H,26,28). The Morgan fingerprint density at radius 2 is 1.67 bits per heavy atom. The van der Waals surface area contributed by atoms with Crippen LogP contribution in [0.25, 0.3) is 0 Å². The first-order valence-corrected chi connectivity index (χ1v) is 11.8. The van der Waals surface area contributed by atoms with Crippen molar-refractivity contribution in [2.24, 2.45) is 0 Å². The van der Waals surface area contributed by atoms with Gasteiger partial charge in [0.25, 0.3) is 10.0 Å². The highest BCUT2D eigenvalue weighted by atomic mass is 32.2. The number of nitrogens with zero attached hydrogens (tertiary/aromatic N) is 1. The van der Waals surface area contributed by atoms with E-state index in [2.05, 4.69) is 5.32 Å². The predicted molar refractivity (Wildman–Crippen MR) is 121 cm³/mol. The Kier molecular flexibility index (Phi) is 6.50. The number of benzene rings is 3. The fourth-order valence-corrected chi connectivity index (χ4v) is 4.95. The summed E-state index contributed by atoms with van der Waals surface area (Å²) in [7, 11) is -4.19. The van der Waals surface area contributed by atoms with Crippen molar-refractivity contribution < 1.29 is 27.1 Å². The van der Waals surface area contributed by atoms with Crippen LogP contribution in [-0.4, -0.2) is 34.1 Å². The molecular weight excluding hydrogens is 447 g/mol. The molecule has 0 radical (unpaired) electrons. The van der Waals surface area contributed by atoms with E-state index in [-0.39, 0.29) is 10.6 Å². The number of rotatable bonds is 7. The summed E-state index contributed by atoms with van der Waals surface area (Å²) in [5.41, 5.74) is 0.555. The second-order valence-corrected chi connectivity index (χ2v) is 9.33. The number of halogens is 1. The number of para-hydroxylation sites is 1. The van der Waals surface area contributed by atoms with Gasteiger partial charge in [0, 0.05) is 0 Å². The van der Waals surface area contributed by atoms with Crippen LogP contribution in [-0.2, 0) is 14.8 Å². The zero-order valence-corrected chi connectivity index (χ0v) is 18.7. The molecule has 0 saturated heterocycles. The van der Waals surface area contributed by atoms with Crippen LogP contribution < -0.4 is 19.1 Å². The van der Waals surface area contributed by atoms with Gasteiger partial charge in [-0.1, -0.05) is 36.4 Å². The van der Waals surface area contributed by atoms with Crippen molar-refractivity contribution in [3.05, 3.63) is 84.2 Å². The van der Waals surface area contributed by atoms with E-state index in [1.54, 1.807) is 43.3 Å². The molecule has 1 heterocycles. The largest absolute Gasteiger partial charge is 0.486 e. The molecule has 172 valence electrons. The van der Waals surface area contributed by atoms with E-state index in [9.17, 15) is 17.6 Å². The minimum Gasteiger partial charge on any atom is -0.486 e. The normalized spacial score (nSPS) is 13.8. The Hall–Kier alpha value is -3.59. The highest BCUT2D eigenvalue weighted by Gasteiger charge is 2.29. The lowest BCUT2D eigenvalue weighted by molar-refractivity contribution is -0.120. The SMILES string of the molecule is CC(NC(=O)CN(c1ccccc1F)S(=O)(=O)c1ccccc1)c1ccc2c(c1)OCCO2. The number of nitrogens with one attached hydrogen (secondary N) is 1. The number of carbonyl (C=O) groups excluding carboxylic acids is 1. The van der Waals surface area contributed by atoms with E-state index >= 15 is 0 Å². The van der Waals surface area contributed by atoms with Crippen LogP contribution in [0.3, 0.4) is 0 Å². The Balaban J connectivity index is 1.57. The average Bonchev–Trinajstić information content (AvgIpc) is 2.83. The Morgan fingerprint density at radius 3 is 2.39 bits per heavy atom. The van der Waals surface area contributed by atoms with E-state index in [1.165, 1.54) is 30.3 Å². The third kappa shape index (κ3) is 4.93. The average molecular weight is 471 g/mol. The van der Waals surface area contributed by atoms with E-state index in [0.29, 0.717) is 24.7 Å². The van der Waals surface area contributed by atoms with Crippen LogP contribution >= 0.6 is 0 Å². The lowest BCUT2D eigenvalue weighted by Gasteiger charge is -2.26. The van der Waals surface area contributed by atoms with Crippen molar-refractivity contribution in [1.82, 2.24) is 5.32 Å². The molecule has 4 rings (SSSR count). The van der Waals surface area contributed by atoms with Gasteiger partial charge in [-0.2, -0.15) is 0 Å². The molecule has 3 aromatic carbocycles. The Bertz CT molecular complexity index is 1250. The minimum absolute atomic E-state index is 0.0408. The number of hydrogen-bond acceptors (Lipinski definition) is 5. The summed E-state index contributed by atoms with van der Waals surface area (Å²) in [5.74, 6) is -0.118. The summed E-state index contributed by atoms with van der Waals surface area (Å²) in [6.07, 6.45) is 0. The number of fused-ring (bicyclic) bond motifs is 1. The highest BCUT2D eigenvalue weighted by Crippen LogP contribution is 2.32. The summed E-state index contributed by atoms with van der Waals surface area (Å²) < 4.78 is 53.0. The molecule has 0 saturated carbocycles. The molecule has 9 heteroatoms. The molecule has 0 bridgehead atoms. The van der Waals surface area contributed by atoms with Gasteiger partial charge in [-0.25, -0.2) is 12.8 Å². The van der Waals surface area contributed by atoms with Crippen LogP contribution in [0.1, 0.15) is 18.5 Å². The molecule has 1 unspecified atom stereocenters. The minimum atomic E-state index is -4.19. The number of ether oxygens (including phenoxy) is 2. The summed E-state index contributed by atoms with van der Waals surface area (Å²) in [4.78, 5) is 12.9. The number of anilines is 1. The van der Waals surface area contributed by atoms with Crippen molar-refractivity contribution in [2.45, 2.75) is 17.9 Å². The molecule has 33 heavy (non-hydrogen) atoms. The monoisotopic (exact) mass is 470 g/mol. The third-order valence-corrected chi connectivity index (χ3v) is 6.96. The second kappa shape index (κ2) is 9.50.